The van der Waals surface area contributed by atoms with Gasteiger partial charge in [-0.05, 0) is 49.8 Å². The van der Waals surface area contributed by atoms with Crippen molar-refractivity contribution in [1.82, 2.24) is 4.90 Å². The Hall–Kier alpha value is -2.44. The minimum atomic E-state index is -0.554. The molecule has 29 heavy (non-hydrogen) atoms. The predicted octanol–water partition coefficient (Wildman–Crippen LogP) is 4.38. The summed E-state index contributed by atoms with van der Waals surface area (Å²) in [6.45, 7) is 6.49. The van der Waals surface area contributed by atoms with Crippen LogP contribution in [0.4, 0.5) is 0 Å². The van der Waals surface area contributed by atoms with Crippen molar-refractivity contribution in [2.24, 2.45) is 0 Å². The molecule has 1 aromatic heterocycles. The summed E-state index contributed by atoms with van der Waals surface area (Å²) in [6, 6.07) is 11.2. The zero-order chi connectivity index (χ0) is 21.0. The molecule has 1 unspecified atom stereocenters. The minimum absolute atomic E-state index is 0.0446. The molecule has 6 heteroatoms. The lowest BCUT2D eigenvalue weighted by Gasteiger charge is -2.26. The van der Waals surface area contributed by atoms with Crippen molar-refractivity contribution < 1.29 is 19.4 Å². The molecule has 0 spiro atoms. The zero-order valence-corrected chi connectivity index (χ0v) is 17.9. The highest BCUT2D eigenvalue weighted by Crippen LogP contribution is 2.41. The van der Waals surface area contributed by atoms with Crippen LogP contribution in [0.3, 0.4) is 0 Å². The third kappa shape index (κ3) is 4.77. The lowest BCUT2D eigenvalue weighted by molar-refractivity contribution is -0.130. The number of Topliss-reactive ketones (excluding diaryl/α,β-unsaturated/α-hetero) is 1. The van der Waals surface area contributed by atoms with Gasteiger partial charge in [-0.25, -0.2) is 0 Å². The summed E-state index contributed by atoms with van der Waals surface area (Å²) in [7, 11) is 0. The molecule has 1 N–H and O–H groups in total. The average molecular weight is 414 g/mol. The fourth-order valence-electron chi connectivity index (χ4n) is 3.53. The van der Waals surface area contributed by atoms with Gasteiger partial charge in [0.05, 0.1) is 24.3 Å². The largest absolute Gasteiger partial charge is 0.503 e. The first-order valence-corrected chi connectivity index (χ1v) is 10.7. The standard InChI is InChI=1S/C23H27NO4S/c1-15(2)28-13-12-24-20(22-16(3)11-14-29-22)19(21(26)23(24)27)18(25)10-9-17-7-5-4-6-8-17/h4-8,11,14-15,20,26H,9-10,12-13H2,1-3H3. The molecule has 0 radical (unpaired) electrons. The smallest absolute Gasteiger partial charge is 0.290 e. The maximum Gasteiger partial charge on any atom is 0.290 e. The maximum absolute atomic E-state index is 13.1. The van der Waals surface area contributed by atoms with Crippen LogP contribution < -0.4 is 0 Å². The lowest BCUT2D eigenvalue weighted by atomic mass is 9.96. The monoisotopic (exact) mass is 413 g/mol. The van der Waals surface area contributed by atoms with Gasteiger partial charge in [0.25, 0.3) is 5.91 Å². The Morgan fingerprint density at radius 1 is 1.24 bits per heavy atom. The number of aliphatic hydroxyl groups is 1. The van der Waals surface area contributed by atoms with Crippen molar-refractivity contribution in [2.75, 3.05) is 13.2 Å². The fraction of sp³-hybridized carbons (Fsp3) is 0.391. The highest BCUT2D eigenvalue weighted by Gasteiger charge is 2.44. The van der Waals surface area contributed by atoms with Crippen LogP contribution in [0.1, 0.15) is 42.3 Å². The Labute approximate surface area is 175 Å². The highest BCUT2D eigenvalue weighted by atomic mass is 32.1. The summed E-state index contributed by atoms with van der Waals surface area (Å²) in [5, 5.41) is 12.5. The van der Waals surface area contributed by atoms with Gasteiger partial charge < -0.3 is 14.7 Å². The number of rotatable bonds is 9. The second kappa shape index (κ2) is 9.37. The summed E-state index contributed by atoms with van der Waals surface area (Å²) in [5.41, 5.74) is 2.27. The highest BCUT2D eigenvalue weighted by molar-refractivity contribution is 7.10. The Morgan fingerprint density at radius 3 is 2.59 bits per heavy atom. The van der Waals surface area contributed by atoms with Crippen molar-refractivity contribution in [2.45, 2.75) is 45.8 Å². The number of carbonyl (C=O) groups is 2. The molecule has 0 fully saturated rings. The topological polar surface area (TPSA) is 66.8 Å². The van der Waals surface area contributed by atoms with Gasteiger partial charge >= 0.3 is 0 Å². The number of hydrogen-bond donors (Lipinski definition) is 1. The normalized spacial score (nSPS) is 16.9. The molecule has 0 bridgehead atoms. The molecule has 0 saturated heterocycles. The molecule has 3 rings (SSSR count). The molecule has 1 aliphatic heterocycles. The lowest BCUT2D eigenvalue weighted by Crippen LogP contribution is -2.34. The minimum Gasteiger partial charge on any atom is -0.503 e. The van der Waals surface area contributed by atoms with E-state index in [9.17, 15) is 14.7 Å². The number of ketones is 1. The van der Waals surface area contributed by atoms with E-state index in [-0.39, 0.29) is 23.9 Å². The molecule has 0 saturated carbocycles. The van der Waals surface area contributed by atoms with E-state index in [0.717, 1.165) is 16.0 Å². The van der Waals surface area contributed by atoms with E-state index in [0.29, 0.717) is 19.6 Å². The molecule has 1 amide bonds. The maximum atomic E-state index is 13.1. The van der Waals surface area contributed by atoms with E-state index in [2.05, 4.69) is 0 Å². The van der Waals surface area contributed by atoms with Gasteiger partial charge in [0.15, 0.2) is 11.5 Å². The van der Waals surface area contributed by atoms with Crippen LogP contribution in [0.5, 0.6) is 0 Å². The molecule has 1 aromatic carbocycles. The molecular weight excluding hydrogens is 386 g/mol. The van der Waals surface area contributed by atoms with E-state index in [1.54, 1.807) is 4.90 Å². The summed E-state index contributed by atoms with van der Waals surface area (Å²) in [5.74, 6) is -1.12. The van der Waals surface area contributed by atoms with Gasteiger partial charge in [-0.3, -0.25) is 9.59 Å². The van der Waals surface area contributed by atoms with E-state index in [1.165, 1.54) is 11.3 Å². The van der Waals surface area contributed by atoms with Crippen LogP contribution in [0.15, 0.2) is 53.1 Å². The predicted molar refractivity (Wildman–Crippen MR) is 114 cm³/mol. The van der Waals surface area contributed by atoms with Crippen LogP contribution in [-0.2, 0) is 20.7 Å². The number of aryl methyl sites for hydroxylation is 2. The Kier molecular flexibility index (Phi) is 6.87. The van der Waals surface area contributed by atoms with Crippen LogP contribution in [0.25, 0.3) is 0 Å². The number of carbonyl (C=O) groups excluding carboxylic acids is 2. The van der Waals surface area contributed by atoms with Crippen LogP contribution in [0, 0.1) is 6.92 Å². The molecule has 5 nitrogen and oxygen atoms in total. The number of amides is 1. The Morgan fingerprint density at radius 2 is 1.97 bits per heavy atom. The first kappa shape index (κ1) is 21.3. The van der Waals surface area contributed by atoms with E-state index in [1.807, 2.05) is 62.5 Å². The third-order valence-electron chi connectivity index (χ3n) is 5.02. The van der Waals surface area contributed by atoms with Crippen LogP contribution in [-0.4, -0.2) is 41.0 Å². The van der Waals surface area contributed by atoms with Gasteiger partial charge in [0.1, 0.15) is 0 Å². The number of benzene rings is 1. The second-order valence-corrected chi connectivity index (χ2v) is 8.41. The number of nitrogens with zero attached hydrogens (tertiary/aromatic N) is 1. The van der Waals surface area contributed by atoms with E-state index < -0.39 is 17.7 Å². The first-order chi connectivity index (χ1) is 13.9. The van der Waals surface area contributed by atoms with Crippen LogP contribution in [0.2, 0.25) is 0 Å². The molecule has 154 valence electrons. The average Bonchev–Trinajstić information content (AvgIpc) is 3.22. The molecular formula is C23H27NO4S. The number of ether oxygens (including phenoxy) is 1. The Balaban J connectivity index is 1.85. The fourth-order valence-corrected chi connectivity index (χ4v) is 4.58. The van der Waals surface area contributed by atoms with Gasteiger partial charge in [0, 0.05) is 17.8 Å². The van der Waals surface area contributed by atoms with Crippen molar-refractivity contribution in [3.05, 3.63) is 69.1 Å². The van der Waals surface area contributed by atoms with Crippen LogP contribution >= 0.6 is 11.3 Å². The van der Waals surface area contributed by atoms with Gasteiger partial charge in [0.2, 0.25) is 0 Å². The SMILES string of the molecule is Cc1ccsc1C1C(C(=O)CCc2ccccc2)=C(O)C(=O)N1CCOC(C)C. The summed E-state index contributed by atoms with van der Waals surface area (Å²) in [4.78, 5) is 28.4. The van der Waals surface area contributed by atoms with E-state index in [4.69, 9.17) is 4.74 Å². The van der Waals surface area contributed by atoms with Crippen molar-refractivity contribution in [3.63, 3.8) is 0 Å². The molecule has 2 heterocycles. The molecule has 0 aliphatic carbocycles. The Bertz CT molecular complexity index is 901. The van der Waals surface area contributed by atoms with Crippen molar-refractivity contribution in [1.29, 1.82) is 0 Å². The van der Waals surface area contributed by atoms with E-state index >= 15 is 0 Å². The van der Waals surface area contributed by atoms with Crippen molar-refractivity contribution >= 4 is 23.0 Å². The quantitative estimate of drug-likeness (QED) is 0.663. The number of thiophene rings is 1. The summed E-state index contributed by atoms with van der Waals surface area (Å²) in [6.07, 6.45) is 0.855. The van der Waals surface area contributed by atoms with Gasteiger partial charge in [-0.2, -0.15) is 0 Å². The van der Waals surface area contributed by atoms with Gasteiger partial charge in [-0.1, -0.05) is 30.3 Å². The third-order valence-corrected chi connectivity index (χ3v) is 6.09. The molecule has 1 atom stereocenters. The van der Waals surface area contributed by atoms with Crippen molar-refractivity contribution in [3.8, 4) is 0 Å². The zero-order valence-electron chi connectivity index (χ0n) is 17.1. The molecule has 2 aromatic rings. The molecule has 1 aliphatic rings. The number of aliphatic hydroxyl groups excluding tert-OH is 1. The summed E-state index contributed by atoms with van der Waals surface area (Å²) >= 11 is 1.50. The second-order valence-electron chi connectivity index (χ2n) is 7.46. The van der Waals surface area contributed by atoms with Gasteiger partial charge in [-0.15, -0.1) is 11.3 Å². The summed E-state index contributed by atoms with van der Waals surface area (Å²) < 4.78 is 5.61. The number of hydrogen-bond acceptors (Lipinski definition) is 5. The first-order valence-electron chi connectivity index (χ1n) is 9.87.